The highest BCUT2D eigenvalue weighted by molar-refractivity contribution is 6.33. The van der Waals surface area contributed by atoms with Crippen molar-refractivity contribution in [1.82, 2.24) is 0 Å². The lowest BCUT2D eigenvalue weighted by Gasteiger charge is -2.29. The number of benzene rings is 1. The first kappa shape index (κ1) is 14.2. The Morgan fingerprint density at radius 3 is 2.53 bits per heavy atom. The average Bonchev–Trinajstić information content (AvgIpc) is 2.37. The van der Waals surface area contributed by atoms with Crippen molar-refractivity contribution in [3.8, 4) is 0 Å². The minimum atomic E-state index is -4.24. The first-order valence-corrected chi connectivity index (χ1v) is 6.20. The zero-order valence-corrected chi connectivity index (χ0v) is 10.8. The van der Waals surface area contributed by atoms with Crippen LogP contribution >= 0.6 is 11.6 Å². The summed E-state index contributed by atoms with van der Waals surface area (Å²) in [5.41, 5.74) is 0.889. The molecule has 1 aromatic rings. The van der Waals surface area contributed by atoms with Gasteiger partial charge < -0.3 is 10.0 Å². The van der Waals surface area contributed by atoms with E-state index in [0.29, 0.717) is 16.3 Å². The Morgan fingerprint density at radius 2 is 2.05 bits per heavy atom. The summed E-state index contributed by atoms with van der Waals surface area (Å²) >= 11 is 6.07. The van der Waals surface area contributed by atoms with Gasteiger partial charge in [0.05, 0.1) is 17.3 Å². The standard InChI is InChI=1S/C13H13ClF3NO/c14-11-7-9(8-19)1-2-12(11)18-5-3-10(4-6-18)13(15,16)17/h1-3,7,19H,4-6,8H2. The maximum Gasteiger partial charge on any atom is 0.412 e. The number of nitrogens with zero attached hydrogens (tertiary/aromatic N) is 1. The van der Waals surface area contributed by atoms with Gasteiger partial charge in [-0.05, 0) is 24.1 Å². The van der Waals surface area contributed by atoms with E-state index in [-0.39, 0.29) is 26.1 Å². The summed E-state index contributed by atoms with van der Waals surface area (Å²) < 4.78 is 37.5. The normalized spacial score (nSPS) is 16.5. The fraction of sp³-hybridized carbons (Fsp3) is 0.385. The smallest absolute Gasteiger partial charge is 0.392 e. The SMILES string of the molecule is OCc1ccc(N2CC=C(C(F)(F)F)CC2)c(Cl)c1. The van der Waals surface area contributed by atoms with Crippen LogP contribution in [0.2, 0.25) is 5.02 Å². The molecule has 0 unspecified atom stereocenters. The van der Waals surface area contributed by atoms with E-state index in [0.717, 1.165) is 0 Å². The molecule has 0 fully saturated rings. The number of aliphatic hydroxyl groups excluding tert-OH is 1. The van der Waals surface area contributed by atoms with Crippen LogP contribution in [0.1, 0.15) is 12.0 Å². The Balaban J connectivity index is 2.16. The molecule has 0 radical (unpaired) electrons. The molecule has 0 spiro atoms. The first-order chi connectivity index (χ1) is 8.91. The quantitative estimate of drug-likeness (QED) is 0.843. The molecule has 19 heavy (non-hydrogen) atoms. The summed E-state index contributed by atoms with van der Waals surface area (Å²) in [6.45, 7) is 0.356. The fourth-order valence-electron chi connectivity index (χ4n) is 2.05. The van der Waals surface area contributed by atoms with Crippen LogP contribution in [0.25, 0.3) is 0 Å². The summed E-state index contributed by atoms with van der Waals surface area (Å²) in [5.74, 6) is 0. The van der Waals surface area contributed by atoms with Crippen LogP contribution in [0.15, 0.2) is 29.8 Å². The van der Waals surface area contributed by atoms with Gasteiger partial charge in [0, 0.05) is 18.7 Å². The Bertz CT molecular complexity index is 499. The third kappa shape index (κ3) is 3.22. The largest absolute Gasteiger partial charge is 0.412 e. The van der Waals surface area contributed by atoms with Crippen LogP contribution in [0.5, 0.6) is 0 Å². The zero-order chi connectivity index (χ0) is 14.0. The van der Waals surface area contributed by atoms with Crippen molar-refractivity contribution in [2.75, 3.05) is 18.0 Å². The van der Waals surface area contributed by atoms with Crippen LogP contribution < -0.4 is 4.90 Å². The van der Waals surface area contributed by atoms with E-state index < -0.39 is 11.7 Å². The molecule has 2 nitrogen and oxygen atoms in total. The molecule has 1 aromatic carbocycles. The van der Waals surface area contributed by atoms with Gasteiger partial charge in [-0.1, -0.05) is 23.7 Å². The number of hydrogen-bond donors (Lipinski definition) is 1. The van der Waals surface area contributed by atoms with Crippen molar-refractivity contribution < 1.29 is 18.3 Å². The number of anilines is 1. The number of aliphatic hydroxyl groups is 1. The molecule has 1 N–H and O–H groups in total. The first-order valence-electron chi connectivity index (χ1n) is 5.82. The van der Waals surface area contributed by atoms with Gasteiger partial charge in [-0.2, -0.15) is 13.2 Å². The van der Waals surface area contributed by atoms with Crippen LogP contribution in [0, 0.1) is 0 Å². The van der Waals surface area contributed by atoms with Gasteiger partial charge in [0.1, 0.15) is 0 Å². The van der Waals surface area contributed by atoms with Gasteiger partial charge in [0.2, 0.25) is 0 Å². The lowest BCUT2D eigenvalue weighted by atomic mass is 10.1. The Labute approximate surface area is 114 Å². The van der Waals surface area contributed by atoms with Crippen molar-refractivity contribution in [1.29, 1.82) is 0 Å². The summed E-state index contributed by atoms with van der Waals surface area (Å²) in [5, 5.41) is 9.42. The molecule has 0 bridgehead atoms. The summed E-state index contributed by atoms with van der Waals surface area (Å²) in [7, 11) is 0. The molecule has 104 valence electrons. The second-order valence-corrected chi connectivity index (χ2v) is 4.77. The molecular formula is C13H13ClF3NO. The van der Waals surface area contributed by atoms with E-state index in [9.17, 15) is 13.2 Å². The van der Waals surface area contributed by atoms with Crippen molar-refractivity contribution in [2.24, 2.45) is 0 Å². The fourth-order valence-corrected chi connectivity index (χ4v) is 2.37. The van der Waals surface area contributed by atoms with Gasteiger partial charge in [-0.3, -0.25) is 0 Å². The van der Waals surface area contributed by atoms with E-state index in [2.05, 4.69) is 0 Å². The van der Waals surface area contributed by atoms with Crippen molar-refractivity contribution in [2.45, 2.75) is 19.2 Å². The molecule has 2 rings (SSSR count). The van der Waals surface area contributed by atoms with E-state index >= 15 is 0 Å². The number of hydrogen-bond acceptors (Lipinski definition) is 2. The van der Waals surface area contributed by atoms with E-state index in [1.807, 2.05) is 0 Å². The summed E-state index contributed by atoms with van der Waals surface area (Å²) in [6, 6.07) is 5.06. The molecular weight excluding hydrogens is 279 g/mol. The predicted octanol–water partition coefficient (Wildman–Crippen LogP) is 3.53. The third-order valence-corrected chi connectivity index (χ3v) is 3.41. The lowest BCUT2D eigenvalue weighted by molar-refractivity contribution is -0.0943. The van der Waals surface area contributed by atoms with E-state index in [4.69, 9.17) is 16.7 Å². The average molecular weight is 292 g/mol. The molecule has 1 aliphatic heterocycles. The topological polar surface area (TPSA) is 23.5 Å². The van der Waals surface area contributed by atoms with Gasteiger partial charge in [0.25, 0.3) is 0 Å². The highest BCUT2D eigenvalue weighted by Gasteiger charge is 2.34. The molecule has 1 aliphatic rings. The molecule has 0 aromatic heterocycles. The minimum Gasteiger partial charge on any atom is -0.392 e. The van der Waals surface area contributed by atoms with Crippen molar-refractivity contribution in [3.63, 3.8) is 0 Å². The van der Waals surface area contributed by atoms with Gasteiger partial charge in [-0.15, -0.1) is 0 Å². The van der Waals surface area contributed by atoms with Gasteiger partial charge in [0.15, 0.2) is 0 Å². The number of rotatable bonds is 2. The van der Waals surface area contributed by atoms with Gasteiger partial charge in [-0.25, -0.2) is 0 Å². The molecule has 0 saturated heterocycles. The highest BCUT2D eigenvalue weighted by atomic mass is 35.5. The van der Waals surface area contributed by atoms with Crippen LogP contribution in [0.4, 0.5) is 18.9 Å². The maximum atomic E-state index is 12.5. The minimum absolute atomic E-state index is 0.0401. The second kappa shape index (κ2) is 5.43. The van der Waals surface area contributed by atoms with Crippen LogP contribution in [-0.4, -0.2) is 24.4 Å². The number of alkyl halides is 3. The van der Waals surface area contributed by atoms with E-state index in [1.165, 1.54) is 6.08 Å². The summed E-state index contributed by atoms with van der Waals surface area (Å²) in [6.07, 6.45) is -3.09. The third-order valence-electron chi connectivity index (χ3n) is 3.11. The monoisotopic (exact) mass is 291 g/mol. The zero-order valence-electron chi connectivity index (χ0n) is 10.0. The van der Waals surface area contributed by atoms with E-state index in [1.54, 1.807) is 23.1 Å². The van der Waals surface area contributed by atoms with Crippen molar-refractivity contribution in [3.05, 3.63) is 40.4 Å². The van der Waals surface area contributed by atoms with Crippen LogP contribution in [0.3, 0.4) is 0 Å². The Kier molecular flexibility index (Phi) is 4.06. The highest BCUT2D eigenvalue weighted by Crippen LogP contribution is 2.33. The molecule has 0 aliphatic carbocycles. The Hall–Kier alpha value is -1.20. The lowest BCUT2D eigenvalue weighted by Crippen LogP contribution is -2.32. The molecule has 1 heterocycles. The molecule has 0 atom stereocenters. The predicted molar refractivity (Wildman–Crippen MR) is 68.3 cm³/mol. The molecule has 0 saturated carbocycles. The second-order valence-electron chi connectivity index (χ2n) is 4.37. The summed E-state index contributed by atoms with van der Waals surface area (Å²) in [4.78, 5) is 1.79. The molecule has 0 amide bonds. The van der Waals surface area contributed by atoms with Crippen molar-refractivity contribution >= 4 is 17.3 Å². The molecule has 6 heteroatoms. The van der Waals surface area contributed by atoms with Crippen LogP contribution in [-0.2, 0) is 6.61 Å². The Morgan fingerprint density at radius 1 is 1.32 bits per heavy atom. The number of halogens is 4. The maximum absolute atomic E-state index is 12.5. The van der Waals surface area contributed by atoms with Gasteiger partial charge >= 0.3 is 6.18 Å².